The van der Waals surface area contributed by atoms with E-state index >= 15 is 0 Å². The van der Waals surface area contributed by atoms with E-state index in [2.05, 4.69) is 81.0 Å². The van der Waals surface area contributed by atoms with Crippen LogP contribution in [0.15, 0.2) is 109 Å². The summed E-state index contributed by atoms with van der Waals surface area (Å²) < 4.78 is 54.4. The molecule has 0 aliphatic carbocycles. The van der Waals surface area contributed by atoms with Crippen LogP contribution in [0.5, 0.6) is 11.5 Å². The topological polar surface area (TPSA) is 35.9 Å². The maximum atomic E-state index is 8.73. The number of imidazole rings is 1. The molecule has 1 aliphatic rings. The summed E-state index contributed by atoms with van der Waals surface area (Å²) in [5.74, 6) is 4.48. The maximum Gasteiger partial charge on any atom is 0.268 e. The Morgan fingerprint density at radius 1 is 0.902 bits per heavy atom. The minimum atomic E-state index is -2.32. The molecule has 0 amide bonds. The average molecular weight is 863 g/mol. The number of rotatable bonds is 4. The number of pyridine rings is 1. The van der Waals surface area contributed by atoms with Gasteiger partial charge in [-0.2, -0.15) is 12.1 Å². The third kappa shape index (κ3) is 5.18. The third-order valence-electron chi connectivity index (χ3n) is 9.73. The predicted octanol–water partition coefficient (Wildman–Crippen LogP) is 8.00. The van der Waals surface area contributed by atoms with Crippen molar-refractivity contribution in [3.8, 4) is 41.0 Å². The van der Waals surface area contributed by atoms with Crippen molar-refractivity contribution in [3.05, 3.63) is 139 Å². The molecule has 5 aromatic carbocycles. The number of terminal acetylenes is 1. The molecule has 5 nitrogen and oxygen atoms in total. The van der Waals surface area contributed by atoms with E-state index in [9.17, 15) is 0 Å². The number of hydrogen-bond acceptors (Lipinski definition) is 2. The molecule has 4 heterocycles. The summed E-state index contributed by atoms with van der Waals surface area (Å²) in [4.78, 5) is 4.80. The van der Waals surface area contributed by atoms with E-state index in [0.717, 1.165) is 60.3 Å². The Kier molecular flexibility index (Phi) is 6.44. The third-order valence-corrected chi connectivity index (χ3v) is 13.2. The Balaban J connectivity index is 0.00000441. The monoisotopic (exact) mass is 862 g/mol. The number of aromatic nitrogens is 4. The standard InChI is InChI=1S/C44H34N4OSi.Pt/c1-7-29-16-20-36-35(24-29)34-19-17-32(26-38(34)48(36)42-25-30(22-23-45-42)44(2,3)4)49-33-18-21-40-39(27-33)47-28-46(31-12-9-8-10-13-31)37-14-11-15-41(43(37)47)50(40,5)6;/h1,8-25H,2-6H3;/q-2;/i8D,9D,10D,12D,13D;. The molecule has 0 unspecified atom stereocenters. The van der Waals surface area contributed by atoms with Gasteiger partial charge in [-0.1, -0.05) is 86.8 Å². The molecule has 0 atom stereocenters. The first kappa shape index (κ1) is 27.5. The SMILES string of the molecule is [2H]c1c([2H])c([2H])c(-[n+]2[c-]n3c4c(cccc42)[Si](C)(C)c2ccc(Oc4[c-]c5c(cc4)c4cc(C#C)ccc4n5-c4cc(C(C)(C)C)ccn4)[c-]c2-3)c([2H])c1[2H].[Pt]. The van der Waals surface area contributed by atoms with Crippen LogP contribution in [-0.4, -0.2) is 22.2 Å². The van der Waals surface area contributed by atoms with E-state index in [0.29, 0.717) is 17.0 Å². The molecule has 0 fully saturated rings. The number of para-hydroxylation sites is 2. The molecule has 0 bridgehead atoms. The van der Waals surface area contributed by atoms with Gasteiger partial charge in [-0.15, -0.1) is 41.3 Å². The summed E-state index contributed by atoms with van der Waals surface area (Å²) in [6.07, 6.45) is 11.0. The van der Waals surface area contributed by atoms with Crippen LogP contribution in [0.4, 0.5) is 0 Å². The molecule has 3 aromatic heterocycles. The number of nitrogens with zero attached hydrogens (tertiary/aromatic N) is 4. The zero-order chi connectivity index (χ0) is 38.7. The van der Waals surface area contributed by atoms with Gasteiger partial charge in [0.05, 0.1) is 23.6 Å². The molecular weight excluding hydrogens is 824 g/mol. The van der Waals surface area contributed by atoms with Crippen molar-refractivity contribution in [1.82, 2.24) is 14.1 Å². The molecule has 0 radical (unpaired) electrons. The van der Waals surface area contributed by atoms with Crippen LogP contribution in [0, 0.1) is 30.8 Å². The van der Waals surface area contributed by atoms with Gasteiger partial charge >= 0.3 is 0 Å². The van der Waals surface area contributed by atoms with E-state index in [1.54, 1.807) is 4.57 Å². The van der Waals surface area contributed by atoms with Gasteiger partial charge in [-0.05, 0) is 64.5 Å². The average Bonchev–Trinajstić information content (AvgIpc) is 3.71. The fourth-order valence-electron chi connectivity index (χ4n) is 7.13. The van der Waals surface area contributed by atoms with Gasteiger partial charge in [-0.25, -0.2) is 4.98 Å². The van der Waals surface area contributed by atoms with Gasteiger partial charge in [0.2, 0.25) is 0 Å². The Bertz CT molecular complexity index is 2980. The fourth-order valence-corrected chi connectivity index (χ4v) is 10.0. The predicted molar refractivity (Wildman–Crippen MR) is 203 cm³/mol. The Hall–Kier alpha value is -5.21. The molecule has 0 N–H and O–H groups in total. The van der Waals surface area contributed by atoms with Crippen molar-refractivity contribution in [2.75, 3.05) is 0 Å². The zero-order valence-electron chi connectivity index (χ0n) is 33.6. The van der Waals surface area contributed by atoms with Gasteiger partial charge in [-0.3, -0.25) is 4.57 Å². The second-order valence-electron chi connectivity index (χ2n) is 14.2. The zero-order valence-corrected chi connectivity index (χ0v) is 31.9. The first-order valence-electron chi connectivity index (χ1n) is 18.9. The van der Waals surface area contributed by atoms with Crippen LogP contribution in [-0.2, 0) is 26.5 Å². The molecule has 51 heavy (non-hydrogen) atoms. The Morgan fingerprint density at radius 3 is 2.47 bits per heavy atom. The van der Waals surface area contributed by atoms with E-state index < -0.39 is 26.2 Å². The van der Waals surface area contributed by atoms with Crippen LogP contribution in [0.1, 0.15) is 38.8 Å². The minimum absolute atomic E-state index is 0. The molecule has 7 heteroatoms. The summed E-state index contributed by atoms with van der Waals surface area (Å²) in [5.41, 5.74) is 5.92. The van der Waals surface area contributed by atoms with E-state index in [1.165, 1.54) is 0 Å². The van der Waals surface area contributed by atoms with Gasteiger partial charge in [0.15, 0.2) is 0 Å². The van der Waals surface area contributed by atoms with Crippen molar-refractivity contribution in [1.29, 1.82) is 0 Å². The Morgan fingerprint density at radius 2 is 1.69 bits per heavy atom. The molecular formula is C44H34N4OPtSi-2. The first-order chi connectivity index (χ1) is 26.2. The second-order valence-corrected chi connectivity index (χ2v) is 18.5. The van der Waals surface area contributed by atoms with E-state index in [1.807, 2.05) is 65.4 Å². The number of ether oxygens (including phenoxy) is 1. The molecule has 0 saturated carbocycles. The van der Waals surface area contributed by atoms with Crippen molar-refractivity contribution in [3.63, 3.8) is 0 Å². The quantitative estimate of drug-likeness (QED) is 0.0779. The van der Waals surface area contributed by atoms with Crippen molar-refractivity contribution < 1.29 is 37.2 Å². The molecule has 0 saturated heterocycles. The van der Waals surface area contributed by atoms with E-state index in [4.69, 9.17) is 23.0 Å². The van der Waals surface area contributed by atoms with Crippen molar-refractivity contribution >= 4 is 51.3 Å². The fraction of sp³-hybridized carbons (Fsp3) is 0.136. The molecule has 1 aliphatic heterocycles. The van der Waals surface area contributed by atoms with Gasteiger partial charge < -0.3 is 13.9 Å². The maximum absolute atomic E-state index is 8.73. The van der Waals surface area contributed by atoms with Crippen LogP contribution < -0.4 is 19.7 Å². The molecule has 9 rings (SSSR count). The van der Waals surface area contributed by atoms with Crippen LogP contribution in [0.25, 0.3) is 50.0 Å². The number of hydrogen-bond donors (Lipinski definition) is 0. The van der Waals surface area contributed by atoms with E-state index in [-0.39, 0.29) is 44.3 Å². The molecule has 8 aromatic rings. The van der Waals surface area contributed by atoms with Crippen LogP contribution in [0.2, 0.25) is 13.1 Å². The summed E-state index contributed by atoms with van der Waals surface area (Å²) in [7, 11) is -2.32. The smallest absolute Gasteiger partial charge is 0.268 e. The van der Waals surface area contributed by atoms with Crippen molar-refractivity contribution in [2.24, 2.45) is 0 Å². The summed E-state index contributed by atoms with van der Waals surface area (Å²) in [6.45, 7) is 11.1. The minimum Gasteiger partial charge on any atom is -0.510 e. The first-order valence-corrected chi connectivity index (χ1v) is 19.4. The summed E-state index contributed by atoms with van der Waals surface area (Å²) >= 11 is 0. The second kappa shape index (κ2) is 11.9. The normalized spacial score (nSPS) is 14.5. The van der Waals surface area contributed by atoms with Gasteiger partial charge in [0, 0.05) is 57.9 Å². The van der Waals surface area contributed by atoms with Gasteiger partial charge in [0.1, 0.15) is 5.82 Å². The number of fused-ring (bicyclic) bond motifs is 5. The molecule has 252 valence electrons. The summed E-state index contributed by atoms with van der Waals surface area (Å²) in [6, 6.07) is 29.2. The van der Waals surface area contributed by atoms with Crippen molar-refractivity contribution in [2.45, 2.75) is 39.3 Å². The summed E-state index contributed by atoms with van der Waals surface area (Å²) in [5, 5.41) is 4.20. The molecule has 0 spiro atoms. The van der Waals surface area contributed by atoms with Gasteiger partial charge in [0.25, 0.3) is 6.33 Å². The number of benzene rings is 5. The van der Waals surface area contributed by atoms with Crippen LogP contribution >= 0.6 is 0 Å². The largest absolute Gasteiger partial charge is 0.510 e. The van der Waals surface area contributed by atoms with Crippen LogP contribution in [0.3, 0.4) is 0 Å². The Labute approximate surface area is 320 Å².